The predicted molar refractivity (Wildman–Crippen MR) is 98.5 cm³/mol. The van der Waals surface area contributed by atoms with Gasteiger partial charge in [-0.2, -0.15) is 0 Å². The minimum Gasteiger partial charge on any atom is -0.379 e. The van der Waals surface area contributed by atoms with E-state index in [4.69, 9.17) is 4.74 Å². The minimum atomic E-state index is -0.142. The van der Waals surface area contributed by atoms with Crippen LogP contribution in [0.4, 0.5) is 10.5 Å². The van der Waals surface area contributed by atoms with E-state index in [0.29, 0.717) is 18.5 Å². The molecule has 0 aromatic heterocycles. The highest BCUT2D eigenvalue weighted by Gasteiger charge is 2.24. The molecule has 1 saturated heterocycles. The number of nitrogens with zero attached hydrogens (tertiary/aromatic N) is 1. The Morgan fingerprint density at radius 1 is 1.21 bits per heavy atom. The monoisotopic (exact) mass is 333 g/mol. The molecule has 2 amide bonds. The molecule has 1 fully saturated rings. The standard InChI is InChI=1S/C19H31N3O2/c1-4-5-16-6-8-17(9-7-16)21-19(23)20-14-18(15(2)3)22-10-12-24-13-11-22/h6-9,15,18H,4-5,10-14H2,1-3H3,(H2,20,21,23). The maximum atomic E-state index is 12.2. The SMILES string of the molecule is CCCc1ccc(NC(=O)NCC(C(C)C)N2CCOCC2)cc1. The Morgan fingerprint density at radius 3 is 2.46 bits per heavy atom. The molecule has 5 nitrogen and oxygen atoms in total. The number of anilines is 1. The van der Waals surface area contributed by atoms with Gasteiger partial charge < -0.3 is 15.4 Å². The zero-order chi connectivity index (χ0) is 17.4. The van der Waals surface area contributed by atoms with E-state index in [2.05, 4.69) is 48.4 Å². The molecule has 1 atom stereocenters. The van der Waals surface area contributed by atoms with Crippen LogP contribution in [0.2, 0.25) is 0 Å². The topological polar surface area (TPSA) is 53.6 Å². The number of carbonyl (C=O) groups excluding carboxylic acids is 1. The molecule has 1 aliphatic rings. The van der Waals surface area contributed by atoms with Gasteiger partial charge in [0.2, 0.25) is 0 Å². The van der Waals surface area contributed by atoms with Gasteiger partial charge in [0.1, 0.15) is 0 Å². The van der Waals surface area contributed by atoms with Crippen LogP contribution < -0.4 is 10.6 Å². The lowest BCUT2D eigenvalue weighted by Crippen LogP contribution is -2.51. The van der Waals surface area contributed by atoms with Crippen LogP contribution in [-0.4, -0.2) is 49.8 Å². The van der Waals surface area contributed by atoms with Gasteiger partial charge >= 0.3 is 6.03 Å². The molecule has 1 aromatic rings. The second-order valence-electron chi connectivity index (χ2n) is 6.74. The number of hydrogen-bond donors (Lipinski definition) is 2. The highest BCUT2D eigenvalue weighted by atomic mass is 16.5. The van der Waals surface area contributed by atoms with Gasteiger partial charge in [0.25, 0.3) is 0 Å². The predicted octanol–water partition coefficient (Wildman–Crippen LogP) is 3.12. The zero-order valence-electron chi connectivity index (χ0n) is 15.2. The third-order valence-corrected chi connectivity index (χ3v) is 4.51. The average molecular weight is 333 g/mol. The summed E-state index contributed by atoms with van der Waals surface area (Å²) in [5, 5.41) is 5.93. The molecule has 2 rings (SSSR count). The number of rotatable bonds is 7. The molecule has 0 radical (unpaired) electrons. The van der Waals surface area contributed by atoms with E-state index in [-0.39, 0.29) is 6.03 Å². The lowest BCUT2D eigenvalue weighted by Gasteiger charge is -2.36. The van der Waals surface area contributed by atoms with Gasteiger partial charge in [0.15, 0.2) is 0 Å². The molecule has 0 bridgehead atoms. The van der Waals surface area contributed by atoms with Gasteiger partial charge in [-0.25, -0.2) is 4.79 Å². The summed E-state index contributed by atoms with van der Waals surface area (Å²) >= 11 is 0. The fourth-order valence-corrected chi connectivity index (χ4v) is 3.11. The first-order valence-corrected chi connectivity index (χ1v) is 9.05. The van der Waals surface area contributed by atoms with E-state index in [0.717, 1.165) is 44.8 Å². The van der Waals surface area contributed by atoms with Crippen molar-refractivity contribution in [1.29, 1.82) is 0 Å². The number of amides is 2. The average Bonchev–Trinajstić information content (AvgIpc) is 2.58. The molecular formula is C19H31N3O2. The van der Waals surface area contributed by atoms with Crippen LogP contribution in [0.3, 0.4) is 0 Å². The third kappa shape index (κ3) is 5.80. The summed E-state index contributed by atoms with van der Waals surface area (Å²) in [6, 6.07) is 8.27. The Hall–Kier alpha value is -1.59. The van der Waals surface area contributed by atoms with Gasteiger partial charge in [0.05, 0.1) is 13.2 Å². The van der Waals surface area contributed by atoms with E-state index in [1.54, 1.807) is 0 Å². The maximum absolute atomic E-state index is 12.2. The van der Waals surface area contributed by atoms with Gasteiger partial charge in [-0.3, -0.25) is 4.90 Å². The van der Waals surface area contributed by atoms with Gasteiger partial charge in [-0.05, 0) is 30.0 Å². The Kier molecular flexibility index (Phi) is 7.53. The van der Waals surface area contributed by atoms with E-state index in [1.807, 2.05) is 12.1 Å². The molecule has 1 unspecified atom stereocenters. The van der Waals surface area contributed by atoms with Crippen molar-refractivity contribution >= 4 is 11.7 Å². The molecule has 1 aromatic carbocycles. The smallest absolute Gasteiger partial charge is 0.319 e. The summed E-state index contributed by atoms with van der Waals surface area (Å²) in [6.45, 7) is 10.6. The van der Waals surface area contributed by atoms with Crippen molar-refractivity contribution in [3.8, 4) is 0 Å². The molecule has 1 heterocycles. The summed E-state index contributed by atoms with van der Waals surface area (Å²) in [7, 11) is 0. The summed E-state index contributed by atoms with van der Waals surface area (Å²) in [5.41, 5.74) is 2.13. The number of morpholine rings is 1. The highest BCUT2D eigenvalue weighted by Crippen LogP contribution is 2.13. The van der Waals surface area contributed by atoms with Gasteiger partial charge in [-0.15, -0.1) is 0 Å². The van der Waals surface area contributed by atoms with E-state index in [9.17, 15) is 4.79 Å². The number of hydrogen-bond acceptors (Lipinski definition) is 3. The van der Waals surface area contributed by atoms with Crippen LogP contribution in [0.1, 0.15) is 32.8 Å². The maximum Gasteiger partial charge on any atom is 0.319 e. The largest absolute Gasteiger partial charge is 0.379 e. The Labute approximate surface area is 145 Å². The molecule has 24 heavy (non-hydrogen) atoms. The van der Waals surface area contributed by atoms with E-state index < -0.39 is 0 Å². The molecule has 0 aliphatic carbocycles. The first kappa shape index (κ1) is 18.7. The Bertz CT molecular complexity index is 496. The van der Waals surface area contributed by atoms with Crippen molar-refractivity contribution in [1.82, 2.24) is 10.2 Å². The Balaban J connectivity index is 1.81. The fourth-order valence-electron chi connectivity index (χ4n) is 3.11. The van der Waals surface area contributed by atoms with Gasteiger partial charge in [-0.1, -0.05) is 39.3 Å². The van der Waals surface area contributed by atoms with Crippen molar-refractivity contribution in [2.45, 2.75) is 39.7 Å². The van der Waals surface area contributed by atoms with Crippen molar-refractivity contribution in [3.63, 3.8) is 0 Å². The number of ether oxygens (including phenoxy) is 1. The lowest BCUT2D eigenvalue weighted by molar-refractivity contribution is 0.00728. The van der Waals surface area contributed by atoms with E-state index >= 15 is 0 Å². The summed E-state index contributed by atoms with van der Waals surface area (Å²) in [5.74, 6) is 0.483. The van der Waals surface area contributed by atoms with Gasteiger partial charge in [0, 0.05) is 31.4 Å². The second-order valence-corrected chi connectivity index (χ2v) is 6.74. The molecular weight excluding hydrogens is 302 g/mol. The molecule has 2 N–H and O–H groups in total. The number of aryl methyl sites for hydroxylation is 1. The lowest BCUT2D eigenvalue weighted by atomic mass is 10.0. The molecule has 0 saturated carbocycles. The quantitative estimate of drug-likeness (QED) is 0.806. The van der Waals surface area contributed by atoms with Crippen LogP contribution in [-0.2, 0) is 11.2 Å². The van der Waals surface area contributed by atoms with Crippen LogP contribution in [0.25, 0.3) is 0 Å². The first-order chi connectivity index (χ1) is 11.6. The van der Waals surface area contributed by atoms with Crippen molar-refractivity contribution in [2.75, 3.05) is 38.2 Å². The summed E-state index contributed by atoms with van der Waals surface area (Å²) in [6.07, 6.45) is 2.20. The zero-order valence-corrected chi connectivity index (χ0v) is 15.2. The highest BCUT2D eigenvalue weighted by molar-refractivity contribution is 5.89. The van der Waals surface area contributed by atoms with Crippen LogP contribution in [0.15, 0.2) is 24.3 Å². The summed E-state index contributed by atoms with van der Waals surface area (Å²) in [4.78, 5) is 14.6. The van der Waals surface area contributed by atoms with Crippen LogP contribution in [0.5, 0.6) is 0 Å². The Morgan fingerprint density at radius 2 is 1.88 bits per heavy atom. The van der Waals surface area contributed by atoms with Crippen LogP contribution >= 0.6 is 0 Å². The molecule has 0 spiro atoms. The van der Waals surface area contributed by atoms with Crippen molar-refractivity contribution in [3.05, 3.63) is 29.8 Å². The summed E-state index contributed by atoms with van der Waals surface area (Å²) < 4.78 is 5.42. The minimum absolute atomic E-state index is 0.142. The number of urea groups is 1. The van der Waals surface area contributed by atoms with Crippen molar-refractivity contribution in [2.24, 2.45) is 5.92 Å². The van der Waals surface area contributed by atoms with Crippen LogP contribution in [0, 0.1) is 5.92 Å². The van der Waals surface area contributed by atoms with Crippen molar-refractivity contribution < 1.29 is 9.53 Å². The third-order valence-electron chi connectivity index (χ3n) is 4.51. The first-order valence-electron chi connectivity index (χ1n) is 9.05. The second kappa shape index (κ2) is 9.64. The molecule has 134 valence electrons. The molecule has 1 aliphatic heterocycles. The normalized spacial score (nSPS) is 16.8. The molecule has 5 heteroatoms. The fraction of sp³-hybridized carbons (Fsp3) is 0.632. The number of nitrogens with one attached hydrogen (secondary N) is 2. The number of carbonyl (C=O) groups is 1. The number of benzene rings is 1. The van der Waals surface area contributed by atoms with E-state index in [1.165, 1.54) is 5.56 Å².